The molecule has 0 heterocycles. The summed E-state index contributed by atoms with van der Waals surface area (Å²) in [5.41, 5.74) is 4.05. The minimum absolute atomic E-state index is 0.0283. The number of carbonyl (C=O) groups is 1. The number of amides is 1. The third-order valence-electron chi connectivity index (χ3n) is 6.69. The molecule has 1 aromatic carbocycles. The monoisotopic (exact) mass is 549 g/mol. The Morgan fingerprint density at radius 3 is 2.46 bits per heavy atom. The number of rotatable bonds is 10. The van der Waals surface area contributed by atoms with Gasteiger partial charge in [-0.15, -0.1) is 0 Å². The van der Waals surface area contributed by atoms with Crippen LogP contribution in [-0.4, -0.2) is 62.8 Å². The van der Waals surface area contributed by atoms with Gasteiger partial charge < -0.3 is 15.5 Å². The van der Waals surface area contributed by atoms with Crippen LogP contribution in [0.25, 0.3) is 0 Å². The topological polar surface area (TPSA) is 69.1 Å². The predicted molar refractivity (Wildman–Crippen MR) is 158 cm³/mol. The molecule has 6 nitrogen and oxygen atoms in total. The summed E-state index contributed by atoms with van der Waals surface area (Å²) in [6.45, 7) is 11.9. The van der Waals surface area contributed by atoms with Crippen LogP contribution in [0.15, 0.2) is 52.0 Å². The SMILES string of the molecule is C/C=C\C=C(\CN[C@@H]1CC[C@@H](NCc2ccc(C)c(N(C)C(C)=O)c2)[C@@H](F)C1)C(C)=NC(=NC)C(F)F.CC. The van der Waals surface area contributed by atoms with Crippen LogP contribution in [0.2, 0.25) is 0 Å². The lowest BCUT2D eigenvalue weighted by molar-refractivity contribution is -0.116. The number of halogens is 3. The predicted octanol–water partition coefficient (Wildman–Crippen LogP) is 6.20. The van der Waals surface area contributed by atoms with Crippen LogP contribution < -0.4 is 15.5 Å². The minimum atomic E-state index is -2.74. The van der Waals surface area contributed by atoms with E-state index in [0.29, 0.717) is 31.6 Å². The van der Waals surface area contributed by atoms with Crippen molar-refractivity contribution < 1.29 is 18.0 Å². The number of aliphatic imine (C=N–C) groups is 2. The first kappa shape index (κ1) is 34.2. The van der Waals surface area contributed by atoms with Crippen molar-refractivity contribution >= 4 is 23.1 Å². The van der Waals surface area contributed by atoms with Crippen molar-refractivity contribution in [2.45, 2.75) is 92.0 Å². The van der Waals surface area contributed by atoms with E-state index in [-0.39, 0.29) is 18.0 Å². The molecule has 0 aliphatic heterocycles. The highest BCUT2D eigenvalue weighted by molar-refractivity contribution is 6.07. The largest absolute Gasteiger partial charge is 0.315 e. The first-order valence-electron chi connectivity index (χ1n) is 13.6. The zero-order valence-electron chi connectivity index (χ0n) is 24.7. The summed E-state index contributed by atoms with van der Waals surface area (Å²) in [5, 5.41) is 6.72. The van der Waals surface area contributed by atoms with Crippen molar-refractivity contribution in [3.8, 4) is 0 Å². The minimum Gasteiger partial charge on any atom is -0.315 e. The zero-order chi connectivity index (χ0) is 29.5. The molecule has 39 heavy (non-hydrogen) atoms. The number of hydrogen-bond acceptors (Lipinski definition) is 4. The summed E-state index contributed by atoms with van der Waals surface area (Å²) in [6, 6.07) is 5.64. The molecule has 1 aliphatic carbocycles. The van der Waals surface area contributed by atoms with Crippen molar-refractivity contribution in [1.82, 2.24) is 10.6 Å². The lowest BCUT2D eigenvalue weighted by atomic mass is 9.89. The third kappa shape index (κ3) is 11.1. The van der Waals surface area contributed by atoms with E-state index in [4.69, 9.17) is 0 Å². The summed E-state index contributed by atoms with van der Waals surface area (Å²) in [7, 11) is 3.04. The molecule has 0 bridgehead atoms. The van der Waals surface area contributed by atoms with Crippen LogP contribution in [0.4, 0.5) is 18.9 Å². The fraction of sp³-hybridized carbons (Fsp3) is 0.567. The second kappa shape index (κ2) is 17.7. The van der Waals surface area contributed by atoms with Gasteiger partial charge in [0.1, 0.15) is 6.17 Å². The quantitative estimate of drug-likeness (QED) is 0.207. The molecule has 1 fully saturated rings. The Kier molecular flexibility index (Phi) is 15.6. The molecule has 0 saturated heterocycles. The van der Waals surface area contributed by atoms with E-state index < -0.39 is 18.4 Å². The summed E-state index contributed by atoms with van der Waals surface area (Å²) in [4.78, 5) is 20.9. The second-order valence-corrected chi connectivity index (χ2v) is 9.39. The summed E-state index contributed by atoms with van der Waals surface area (Å²) < 4.78 is 41.2. The molecule has 0 unspecified atom stereocenters. The van der Waals surface area contributed by atoms with Crippen LogP contribution >= 0.6 is 0 Å². The Morgan fingerprint density at radius 1 is 1.21 bits per heavy atom. The Hall–Kier alpha value is -2.78. The average molecular weight is 550 g/mol. The van der Waals surface area contributed by atoms with E-state index in [1.807, 2.05) is 64.1 Å². The van der Waals surface area contributed by atoms with E-state index in [1.165, 1.54) is 14.0 Å². The normalized spacial score (nSPS) is 20.7. The van der Waals surface area contributed by atoms with Crippen LogP contribution in [0, 0.1) is 6.92 Å². The average Bonchev–Trinajstić information content (AvgIpc) is 2.92. The lowest BCUT2D eigenvalue weighted by Gasteiger charge is -2.33. The van der Waals surface area contributed by atoms with E-state index in [0.717, 1.165) is 28.8 Å². The molecular weight excluding hydrogens is 503 g/mol. The van der Waals surface area contributed by atoms with Crippen LogP contribution in [0.3, 0.4) is 0 Å². The zero-order valence-corrected chi connectivity index (χ0v) is 24.7. The van der Waals surface area contributed by atoms with Gasteiger partial charge in [0.05, 0.1) is 0 Å². The molecule has 0 radical (unpaired) electrons. The number of nitrogens with zero attached hydrogens (tertiary/aromatic N) is 3. The Morgan fingerprint density at radius 2 is 1.90 bits per heavy atom. The Balaban J connectivity index is 0.00000371. The molecule has 2 rings (SSSR count). The number of nitrogens with one attached hydrogen (secondary N) is 2. The molecule has 1 saturated carbocycles. The van der Waals surface area contributed by atoms with E-state index in [2.05, 4.69) is 20.6 Å². The fourth-order valence-corrected chi connectivity index (χ4v) is 4.29. The number of allylic oxidation sites excluding steroid dienone is 3. The number of hydrogen-bond donors (Lipinski definition) is 2. The van der Waals surface area contributed by atoms with Crippen LogP contribution in [-0.2, 0) is 11.3 Å². The first-order valence-corrected chi connectivity index (χ1v) is 13.6. The highest BCUT2D eigenvalue weighted by Crippen LogP contribution is 2.24. The molecule has 0 spiro atoms. The van der Waals surface area contributed by atoms with E-state index in [9.17, 15) is 13.6 Å². The highest BCUT2D eigenvalue weighted by atomic mass is 19.3. The van der Waals surface area contributed by atoms with Crippen LogP contribution in [0.1, 0.15) is 65.0 Å². The van der Waals surface area contributed by atoms with Gasteiger partial charge in [-0.1, -0.05) is 44.2 Å². The number of amidine groups is 1. The standard InChI is InChI=1S/C28H40F3N5O.C2H6/c1-7-8-9-22(19(3)35-28(32-5)27(30)31)17-33-23-12-13-25(24(29)15-23)34-16-21-11-10-18(2)26(14-21)36(6)20(4)37;1-2/h7-11,14,23-25,27,33-34H,12-13,15-17H2,1-6H3;1-2H3/b8-7-,22-9-,32-28?,35-19?;/t23-,24+,25-;/m1./s1. The van der Waals surface area contributed by atoms with Crippen molar-refractivity contribution in [3.63, 3.8) is 0 Å². The van der Waals surface area contributed by atoms with Crippen molar-refractivity contribution in [2.75, 3.05) is 25.5 Å². The number of anilines is 1. The fourth-order valence-electron chi connectivity index (χ4n) is 4.29. The molecule has 1 aromatic rings. The summed E-state index contributed by atoms with van der Waals surface area (Å²) >= 11 is 0. The van der Waals surface area contributed by atoms with Gasteiger partial charge >= 0.3 is 0 Å². The van der Waals surface area contributed by atoms with E-state index >= 15 is 4.39 Å². The number of carbonyl (C=O) groups excluding carboxylic acids is 1. The Bertz CT molecular complexity index is 1040. The molecule has 9 heteroatoms. The third-order valence-corrected chi connectivity index (χ3v) is 6.69. The van der Waals surface area contributed by atoms with Crippen molar-refractivity contribution in [2.24, 2.45) is 9.98 Å². The summed E-state index contributed by atoms with van der Waals surface area (Å²) in [6.07, 6.45) is 3.54. The first-order chi connectivity index (χ1) is 18.6. The lowest BCUT2D eigenvalue weighted by Crippen LogP contribution is -2.47. The number of aryl methyl sites for hydroxylation is 1. The number of benzene rings is 1. The van der Waals surface area contributed by atoms with Crippen molar-refractivity contribution in [1.29, 1.82) is 0 Å². The van der Waals surface area contributed by atoms with Gasteiger partial charge in [0.15, 0.2) is 5.84 Å². The molecule has 1 amide bonds. The van der Waals surface area contributed by atoms with E-state index in [1.54, 1.807) is 18.9 Å². The van der Waals surface area contributed by atoms with Gasteiger partial charge in [0.25, 0.3) is 6.43 Å². The molecule has 0 aromatic heterocycles. The van der Waals surface area contributed by atoms with Gasteiger partial charge in [0, 0.05) is 57.6 Å². The molecular formula is C30H46F3N5O. The highest BCUT2D eigenvalue weighted by Gasteiger charge is 2.30. The second-order valence-electron chi connectivity index (χ2n) is 9.39. The van der Waals surface area contributed by atoms with Gasteiger partial charge in [0.2, 0.25) is 5.91 Å². The molecule has 218 valence electrons. The van der Waals surface area contributed by atoms with Gasteiger partial charge in [-0.25, -0.2) is 18.2 Å². The van der Waals surface area contributed by atoms with Crippen molar-refractivity contribution in [3.05, 3.63) is 53.1 Å². The maximum absolute atomic E-state index is 15.1. The molecule has 1 aliphatic rings. The van der Waals surface area contributed by atoms with Gasteiger partial charge in [-0.3, -0.25) is 9.79 Å². The summed E-state index contributed by atoms with van der Waals surface area (Å²) in [5.74, 6) is -0.547. The van der Waals surface area contributed by atoms with Gasteiger partial charge in [-0.05, 0) is 62.8 Å². The van der Waals surface area contributed by atoms with Gasteiger partial charge in [-0.2, -0.15) is 0 Å². The maximum Gasteiger partial charge on any atom is 0.296 e. The van der Waals surface area contributed by atoms with Crippen LogP contribution in [0.5, 0.6) is 0 Å². The molecule has 2 N–H and O–H groups in total. The Labute approximate surface area is 232 Å². The smallest absolute Gasteiger partial charge is 0.296 e. The number of alkyl halides is 3. The maximum atomic E-state index is 15.1. The molecule has 3 atom stereocenters.